The Morgan fingerprint density at radius 3 is 2.52 bits per heavy atom. The molecule has 2 aromatic rings. The number of carboxylic acid groups (broad SMARTS) is 1. The van der Waals surface area contributed by atoms with Crippen LogP contribution in [0.3, 0.4) is 0 Å². The van der Waals surface area contributed by atoms with Crippen LogP contribution >= 0.6 is 11.8 Å². The minimum Gasteiger partial charge on any atom is -0.497 e. The first-order chi connectivity index (χ1) is 15.9. The number of hydrogen-bond acceptors (Lipinski definition) is 7. The second-order valence-corrected chi connectivity index (χ2v) is 8.65. The van der Waals surface area contributed by atoms with Crippen LogP contribution in [0.2, 0.25) is 0 Å². The molecule has 1 aliphatic heterocycles. The number of ether oxygens (including phenoxy) is 2. The Balaban J connectivity index is 1.74. The highest BCUT2D eigenvalue weighted by Gasteiger charge is 2.34. The van der Waals surface area contributed by atoms with Gasteiger partial charge in [-0.2, -0.15) is 0 Å². The number of rotatable bonds is 10. The van der Waals surface area contributed by atoms with Crippen molar-refractivity contribution >= 4 is 29.5 Å². The summed E-state index contributed by atoms with van der Waals surface area (Å²) in [6.07, 6.45) is 2.50. The van der Waals surface area contributed by atoms with E-state index in [2.05, 4.69) is 0 Å². The van der Waals surface area contributed by atoms with Crippen LogP contribution in [0.5, 0.6) is 5.75 Å². The largest absolute Gasteiger partial charge is 0.497 e. The van der Waals surface area contributed by atoms with E-state index in [0.717, 1.165) is 17.3 Å². The lowest BCUT2D eigenvalue weighted by molar-refractivity contribution is -0.147. The van der Waals surface area contributed by atoms with E-state index in [1.54, 1.807) is 24.3 Å². The molecule has 0 saturated carbocycles. The Morgan fingerprint density at radius 1 is 1.09 bits per heavy atom. The average molecular weight is 470 g/mol. The molecule has 1 unspecified atom stereocenters. The van der Waals surface area contributed by atoms with Gasteiger partial charge in [0.05, 0.1) is 20.0 Å². The van der Waals surface area contributed by atoms with Crippen molar-refractivity contribution in [2.75, 3.05) is 33.1 Å². The van der Waals surface area contributed by atoms with Gasteiger partial charge in [0, 0.05) is 18.7 Å². The molecule has 0 radical (unpaired) electrons. The number of carboxylic acids is 1. The molecule has 2 atom stereocenters. The number of aliphatic carboxylic acids is 1. The molecule has 174 valence electrons. The number of ketones is 1. The van der Waals surface area contributed by atoms with Gasteiger partial charge in [-0.1, -0.05) is 48.5 Å². The van der Waals surface area contributed by atoms with Gasteiger partial charge >= 0.3 is 11.9 Å². The molecule has 0 bridgehead atoms. The van der Waals surface area contributed by atoms with E-state index in [-0.39, 0.29) is 11.5 Å². The summed E-state index contributed by atoms with van der Waals surface area (Å²) in [6, 6.07) is 15.5. The van der Waals surface area contributed by atoms with Crippen molar-refractivity contribution in [1.29, 1.82) is 0 Å². The molecule has 0 amide bonds. The summed E-state index contributed by atoms with van der Waals surface area (Å²) in [4.78, 5) is 39.2. The lowest BCUT2D eigenvalue weighted by Gasteiger charge is -2.34. The molecule has 0 spiro atoms. The van der Waals surface area contributed by atoms with E-state index in [0.29, 0.717) is 36.4 Å². The van der Waals surface area contributed by atoms with Gasteiger partial charge in [-0.15, -0.1) is 11.8 Å². The molecule has 7 nitrogen and oxygen atoms in total. The van der Waals surface area contributed by atoms with Crippen molar-refractivity contribution in [3.8, 4) is 5.75 Å². The van der Waals surface area contributed by atoms with Crippen LogP contribution in [0, 0.1) is 0 Å². The summed E-state index contributed by atoms with van der Waals surface area (Å²) in [5.74, 6) is -0.993. The summed E-state index contributed by atoms with van der Waals surface area (Å²) in [5.41, 5.74) is 1.93. The molecular formula is C25H27NO6S. The number of thioether (sulfide) groups is 1. The lowest BCUT2D eigenvalue weighted by Crippen LogP contribution is -2.41. The Kier molecular flexibility index (Phi) is 8.68. The third-order valence-corrected chi connectivity index (χ3v) is 6.71. The van der Waals surface area contributed by atoms with Gasteiger partial charge in [-0.25, -0.2) is 4.79 Å². The number of Topliss-reactive ketones (excluding diaryl/α,β-unsaturated/α-hetero) is 1. The van der Waals surface area contributed by atoms with Crippen molar-refractivity contribution < 1.29 is 29.0 Å². The molecule has 3 rings (SSSR count). The highest BCUT2D eigenvalue weighted by molar-refractivity contribution is 8.01. The summed E-state index contributed by atoms with van der Waals surface area (Å²) in [7, 11) is 2.87. The van der Waals surface area contributed by atoms with Crippen molar-refractivity contribution in [3.63, 3.8) is 0 Å². The minimum atomic E-state index is -1.01. The van der Waals surface area contributed by atoms with E-state index >= 15 is 0 Å². The Morgan fingerprint density at radius 2 is 1.85 bits per heavy atom. The molecule has 2 aromatic carbocycles. The van der Waals surface area contributed by atoms with Gasteiger partial charge in [-0.3, -0.25) is 14.5 Å². The van der Waals surface area contributed by atoms with Crippen molar-refractivity contribution in [2.24, 2.45) is 0 Å². The van der Waals surface area contributed by atoms with Gasteiger partial charge < -0.3 is 14.6 Å². The summed E-state index contributed by atoms with van der Waals surface area (Å²) < 4.78 is 10.2. The second-order valence-electron chi connectivity index (χ2n) is 7.56. The molecular weight excluding hydrogens is 442 g/mol. The average Bonchev–Trinajstić information content (AvgIpc) is 2.85. The minimum absolute atomic E-state index is 0.0145. The van der Waals surface area contributed by atoms with Crippen LogP contribution in [0.1, 0.15) is 28.4 Å². The molecule has 1 aliphatic rings. The fraction of sp³-hybridized carbons (Fsp3) is 0.320. The molecule has 0 aliphatic carbocycles. The molecule has 0 saturated heterocycles. The van der Waals surface area contributed by atoms with Crippen molar-refractivity contribution in [3.05, 3.63) is 77.4 Å². The fourth-order valence-corrected chi connectivity index (χ4v) is 4.84. The molecule has 0 fully saturated rings. The monoisotopic (exact) mass is 469 g/mol. The maximum Gasteiger partial charge on any atom is 0.327 e. The number of carbonyl (C=O) groups is 3. The zero-order chi connectivity index (χ0) is 23.8. The van der Waals surface area contributed by atoms with Gasteiger partial charge in [0.15, 0.2) is 5.78 Å². The van der Waals surface area contributed by atoms with Crippen LogP contribution < -0.4 is 4.74 Å². The molecule has 8 heteroatoms. The van der Waals surface area contributed by atoms with E-state index < -0.39 is 23.2 Å². The van der Waals surface area contributed by atoms with E-state index in [1.807, 2.05) is 41.3 Å². The normalized spacial score (nSPS) is 15.8. The SMILES string of the molecule is COC(=O)[C@H](c1ccccc1)N1CCC=C(C(SCC(=O)c2cccc(OC)c2)C(=O)O)C1. The van der Waals surface area contributed by atoms with Gasteiger partial charge in [0.25, 0.3) is 0 Å². The third kappa shape index (κ3) is 6.24. The predicted octanol–water partition coefficient (Wildman–Crippen LogP) is 3.61. The van der Waals surface area contributed by atoms with Crippen LogP contribution in [-0.4, -0.2) is 66.0 Å². The smallest absolute Gasteiger partial charge is 0.327 e. The van der Waals surface area contributed by atoms with Crippen molar-refractivity contribution in [2.45, 2.75) is 17.7 Å². The molecule has 1 heterocycles. The maximum absolute atomic E-state index is 12.6. The number of nitrogens with zero attached hydrogens (tertiary/aromatic N) is 1. The summed E-state index contributed by atoms with van der Waals surface area (Å²) in [5, 5.41) is 8.99. The quantitative estimate of drug-likeness (QED) is 0.320. The Labute approximate surface area is 197 Å². The first-order valence-electron chi connectivity index (χ1n) is 10.5. The first-order valence-corrected chi connectivity index (χ1v) is 11.6. The zero-order valence-corrected chi connectivity index (χ0v) is 19.4. The number of esters is 1. The number of carbonyl (C=O) groups excluding carboxylic acids is 2. The molecule has 0 aromatic heterocycles. The predicted molar refractivity (Wildman–Crippen MR) is 127 cm³/mol. The van der Waals surface area contributed by atoms with Crippen LogP contribution in [0.4, 0.5) is 0 Å². The molecule has 1 N–H and O–H groups in total. The van der Waals surface area contributed by atoms with E-state index in [9.17, 15) is 19.5 Å². The number of methoxy groups -OCH3 is 2. The summed E-state index contributed by atoms with van der Waals surface area (Å²) in [6.45, 7) is 0.893. The van der Waals surface area contributed by atoms with Crippen LogP contribution in [0.15, 0.2) is 66.2 Å². The maximum atomic E-state index is 12.6. The molecule has 33 heavy (non-hydrogen) atoms. The third-order valence-electron chi connectivity index (χ3n) is 5.45. The number of hydrogen-bond donors (Lipinski definition) is 1. The van der Waals surface area contributed by atoms with Gasteiger partial charge in [0.2, 0.25) is 0 Å². The van der Waals surface area contributed by atoms with Gasteiger partial charge in [-0.05, 0) is 29.7 Å². The summed E-state index contributed by atoms with van der Waals surface area (Å²) >= 11 is 1.08. The highest BCUT2D eigenvalue weighted by atomic mass is 32.2. The van der Waals surface area contributed by atoms with Gasteiger partial charge in [0.1, 0.15) is 17.0 Å². The van der Waals surface area contributed by atoms with Crippen molar-refractivity contribution in [1.82, 2.24) is 4.90 Å². The van der Waals surface area contributed by atoms with Crippen LogP contribution in [-0.2, 0) is 14.3 Å². The van der Waals surface area contributed by atoms with E-state index in [4.69, 9.17) is 9.47 Å². The standard InChI is InChI=1S/C25H27NO6S/c1-31-20-12-6-10-18(14-20)21(27)16-33-23(24(28)29)19-11-7-13-26(15-19)22(25(30)32-2)17-8-4-3-5-9-17/h3-6,8-12,14,22-23H,7,13,15-16H2,1-2H3,(H,28,29)/t22-,23?/m0/s1. The Bertz CT molecular complexity index is 1020. The number of benzene rings is 2. The lowest BCUT2D eigenvalue weighted by atomic mass is 10.00. The first kappa shape index (κ1) is 24.5. The fourth-order valence-electron chi connectivity index (χ4n) is 3.82. The topological polar surface area (TPSA) is 93.1 Å². The van der Waals surface area contributed by atoms with E-state index in [1.165, 1.54) is 14.2 Å². The highest BCUT2D eigenvalue weighted by Crippen LogP contribution is 2.30. The zero-order valence-electron chi connectivity index (χ0n) is 18.6. The van der Waals surface area contributed by atoms with Crippen LogP contribution in [0.25, 0.3) is 0 Å². The Hall–Kier alpha value is -3.10. The second kappa shape index (κ2) is 11.7.